The van der Waals surface area contributed by atoms with Crippen molar-refractivity contribution in [3.05, 3.63) is 35.8 Å². The van der Waals surface area contributed by atoms with Crippen molar-refractivity contribution in [3.63, 3.8) is 0 Å². The molecule has 0 radical (unpaired) electrons. The van der Waals surface area contributed by atoms with E-state index in [-0.39, 0.29) is 36.3 Å². The summed E-state index contributed by atoms with van der Waals surface area (Å²) in [5, 5.41) is 7.18. The van der Waals surface area contributed by atoms with Crippen LogP contribution >= 0.6 is 24.0 Å². The van der Waals surface area contributed by atoms with Crippen molar-refractivity contribution in [3.8, 4) is 0 Å². The Morgan fingerprint density at radius 1 is 1.24 bits per heavy atom. The predicted molar refractivity (Wildman–Crippen MR) is 110 cm³/mol. The Labute approximate surface area is 163 Å². The fourth-order valence-electron chi connectivity index (χ4n) is 2.32. The van der Waals surface area contributed by atoms with Crippen molar-refractivity contribution in [2.75, 3.05) is 32.9 Å². The molecule has 0 saturated heterocycles. The van der Waals surface area contributed by atoms with E-state index >= 15 is 0 Å². The smallest absolute Gasteiger partial charge is 0.208 e. The van der Waals surface area contributed by atoms with E-state index in [4.69, 9.17) is 0 Å². The largest absolute Gasteiger partial charge is 0.361 e. The van der Waals surface area contributed by atoms with Gasteiger partial charge in [-0.2, -0.15) is 0 Å². The molecule has 0 aliphatic carbocycles. The Morgan fingerprint density at radius 2 is 1.96 bits per heavy atom. The van der Waals surface area contributed by atoms with Gasteiger partial charge in [0.05, 0.1) is 6.26 Å². The van der Waals surface area contributed by atoms with Crippen LogP contribution in [0.2, 0.25) is 0 Å². The van der Waals surface area contributed by atoms with Gasteiger partial charge in [0.2, 0.25) is 10.0 Å². The molecule has 1 aromatic heterocycles. The zero-order valence-corrected chi connectivity index (χ0v) is 17.2. The van der Waals surface area contributed by atoms with Crippen molar-refractivity contribution >= 4 is 50.9 Å². The van der Waals surface area contributed by atoms with E-state index in [0.717, 1.165) is 29.1 Å². The summed E-state index contributed by atoms with van der Waals surface area (Å²) in [6.45, 7) is 1.36. The molecule has 0 amide bonds. The minimum Gasteiger partial charge on any atom is -0.361 e. The van der Waals surface area contributed by atoms with E-state index in [0.29, 0.717) is 19.0 Å². The van der Waals surface area contributed by atoms with Crippen molar-refractivity contribution in [2.45, 2.75) is 6.42 Å². The zero-order valence-electron chi connectivity index (χ0n) is 14.1. The van der Waals surface area contributed by atoms with Crippen LogP contribution in [-0.2, 0) is 16.4 Å². The maximum Gasteiger partial charge on any atom is 0.208 e. The lowest BCUT2D eigenvalue weighted by molar-refractivity contribution is 0.586. The summed E-state index contributed by atoms with van der Waals surface area (Å²) in [4.78, 5) is 7.13. The van der Waals surface area contributed by atoms with Gasteiger partial charge in [0, 0.05) is 43.8 Å². The van der Waals surface area contributed by atoms with Crippen LogP contribution in [0.3, 0.4) is 0 Å². The number of halogens is 2. The van der Waals surface area contributed by atoms with Gasteiger partial charge >= 0.3 is 0 Å². The number of nitrogens with zero attached hydrogens (tertiary/aromatic N) is 1. The molecule has 0 saturated carbocycles. The van der Waals surface area contributed by atoms with E-state index in [1.54, 1.807) is 13.1 Å². The third kappa shape index (κ3) is 7.16. The van der Waals surface area contributed by atoms with Crippen LogP contribution in [0.4, 0.5) is 4.39 Å². The summed E-state index contributed by atoms with van der Waals surface area (Å²) in [6, 6.07) is 4.68. The molecule has 140 valence electrons. The van der Waals surface area contributed by atoms with Crippen molar-refractivity contribution in [2.24, 2.45) is 4.99 Å². The molecule has 4 N–H and O–H groups in total. The maximum atomic E-state index is 13.2. The fraction of sp³-hybridized carbons (Fsp3) is 0.400. The number of nitrogens with one attached hydrogen (secondary N) is 4. The van der Waals surface area contributed by atoms with Gasteiger partial charge in [0.25, 0.3) is 0 Å². The van der Waals surface area contributed by atoms with Gasteiger partial charge in [-0.1, -0.05) is 0 Å². The van der Waals surface area contributed by atoms with Gasteiger partial charge in [-0.25, -0.2) is 17.5 Å². The number of benzene rings is 1. The molecular formula is C15H23FIN5O2S. The molecule has 10 heteroatoms. The molecule has 0 spiro atoms. The van der Waals surface area contributed by atoms with E-state index in [1.807, 2.05) is 6.20 Å². The van der Waals surface area contributed by atoms with E-state index in [2.05, 4.69) is 25.3 Å². The van der Waals surface area contributed by atoms with Gasteiger partial charge in [-0.3, -0.25) is 4.99 Å². The third-order valence-electron chi connectivity index (χ3n) is 3.42. The number of hydrogen-bond donors (Lipinski definition) is 4. The molecule has 1 heterocycles. The van der Waals surface area contributed by atoms with E-state index < -0.39 is 10.0 Å². The standard InChI is InChI=1S/C15H22FN5O2S.HI/c1-17-15(19-7-8-21-24(2,22)23)18-6-5-11-10-20-14-9-12(16)3-4-13(11)14;/h3-4,9-10,20-21H,5-8H2,1-2H3,(H2,17,18,19);1H. The molecule has 25 heavy (non-hydrogen) atoms. The lowest BCUT2D eigenvalue weighted by Crippen LogP contribution is -2.42. The Balaban J connectivity index is 0.00000312. The summed E-state index contributed by atoms with van der Waals surface area (Å²) in [5.41, 5.74) is 1.87. The molecule has 2 rings (SSSR count). The number of hydrogen-bond acceptors (Lipinski definition) is 3. The molecular weight excluding hydrogens is 460 g/mol. The lowest BCUT2D eigenvalue weighted by Gasteiger charge is -2.11. The highest BCUT2D eigenvalue weighted by molar-refractivity contribution is 14.0. The van der Waals surface area contributed by atoms with Crippen LogP contribution in [0.5, 0.6) is 0 Å². The second-order valence-corrected chi connectivity index (χ2v) is 7.18. The number of aromatic amines is 1. The first-order valence-electron chi connectivity index (χ1n) is 7.54. The van der Waals surface area contributed by atoms with Crippen molar-refractivity contribution < 1.29 is 12.8 Å². The molecule has 0 atom stereocenters. The summed E-state index contributed by atoms with van der Waals surface area (Å²) >= 11 is 0. The Hall–Kier alpha value is -1.40. The van der Waals surface area contributed by atoms with Gasteiger partial charge in [0.15, 0.2) is 5.96 Å². The first-order valence-corrected chi connectivity index (χ1v) is 9.43. The molecule has 2 aromatic rings. The number of rotatable bonds is 7. The zero-order chi connectivity index (χ0) is 17.6. The lowest BCUT2D eigenvalue weighted by atomic mass is 10.1. The highest BCUT2D eigenvalue weighted by atomic mass is 127. The van der Waals surface area contributed by atoms with Gasteiger partial charge < -0.3 is 15.6 Å². The molecule has 0 aliphatic rings. The quantitative estimate of drug-likeness (QED) is 0.206. The number of guanidine groups is 1. The highest BCUT2D eigenvalue weighted by Gasteiger charge is 2.05. The van der Waals surface area contributed by atoms with Crippen molar-refractivity contribution in [1.29, 1.82) is 0 Å². The second-order valence-electron chi connectivity index (χ2n) is 5.35. The number of fused-ring (bicyclic) bond motifs is 1. The molecule has 0 unspecified atom stereocenters. The van der Waals surface area contributed by atoms with Crippen LogP contribution in [0.15, 0.2) is 29.4 Å². The molecule has 7 nitrogen and oxygen atoms in total. The maximum absolute atomic E-state index is 13.2. The normalized spacial score (nSPS) is 12.0. The van der Waals surface area contributed by atoms with Crippen LogP contribution in [0, 0.1) is 5.82 Å². The molecule has 0 fully saturated rings. The van der Waals surface area contributed by atoms with Crippen LogP contribution in [0.1, 0.15) is 5.56 Å². The average Bonchev–Trinajstić information content (AvgIpc) is 2.90. The van der Waals surface area contributed by atoms with E-state index in [1.165, 1.54) is 12.1 Å². The van der Waals surface area contributed by atoms with Crippen LogP contribution in [-0.4, -0.2) is 52.3 Å². The highest BCUT2D eigenvalue weighted by Crippen LogP contribution is 2.19. The predicted octanol–water partition coefficient (Wildman–Crippen LogP) is 1.18. The summed E-state index contributed by atoms with van der Waals surface area (Å²) in [5.74, 6) is 0.331. The minimum absolute atomic E-state index is 0. The van der Waals surface area contributed by atoms with E-state index in [9.17, 15) is 12.8 Å². The van der Waals surface area contributed by atoms with Gasteiger partial charge in [-0.05, 0) is 30.2 Å². The number of H-pyrrole nitrogens is 1. The van der Waals surface area contributed by atoms with Crippen molar-refractivity contribution in [1.82, 2.24) is 20.3 Å². The topological polar surface area (TPSA) is 98.4 Å². The third-order valence-corrected chi connectivity index (χ3v) is 4.15. The molecule has 1 aromatic carbocycles. The molecule has 0 bridgehead atoms. The Morgan fingerprint density at radius 3 is 2.64 bits per heavy atom. The summed E-state index contributed by atoms with van der Waals surface area (Å²) in [6.07, 6.45) is 3.74. The van der Waals surface area contributed by atoms with Gasteiger partial charge in [-0.15, -0.1) is 24.0 Å². The number of sulfonamides is 1. The SMILES string of the molecule is CN=C(NCCNS(C)(=O)=O)NCCc1c[nH]c2cc(F)ccc12.I. The van der Waals surface area contributed by atoms with Crippen LogP contribution < -0.4 is 15.4 Å². The van der Waals surface area contributed by atoms with Crippen LogP contribution in [0.25, 0.3) is 10.9 Å². The second kappa shape index (κ2) is 9.92. The fourth-order valence-corrected chi connectivity index (χ4v) is 2.79. The molecule has 0 aliphatic heterocycles. The summed E-state index contributed by atoms with van der Waals surface area (Å²) < 4.78 is 37.5. The Bertz CT molecular complexity index is 822. The average molecular weight is 483 g/mol. The summed E-state index contributed by atoms with van der Waals surface area (Å²) in [7, 11) is -1.53. The number of aromatic nitrogens is 1. The first kappa shape index (κ1) is 21.6. The minimum atomic E-state index is -3.18. The number of aliphatic imine (C=N–C) groups is 1. The first-order chi connectivity index (χ1) is 11.4. The monoisotopic (exact) mass is 483 g/mol. The van der Waals surface area contributed by atoms with Gasteiger partial charge in [0.1, 0.15) is 5.82 Å². The Kier molecular flexibility index (Phi) is 8.59.